The second kappa shape index (κ2) is 3.28. The second-order valence-corrected chi connectivity index (χ2v) is 3.45. The minimum atomic E-state index is 0.628. The first kappa shape index (κ1) is 8.41. The fraction of sp³-hybridized carbons (Fsp3) is 0.667. The molecule has 0 atom stereocenters. The fourth-order valence-electron chi connectivity index (χ4n) is 1.83. The van der Waals surface area contributed by atoms with Crippen LogP contribution in [0.15, 0.2) is 6.20 Å². The molecule has 2 heterocycles. The number of hydrogen-bond acceptors (Lipinski definition) is 3. The lowest BCUT2D eigenvalue weighted by Gasteiger charge is -2.16. The van der Waals surface area contributed by atoms with Crippen LogP contribution in [0.4, 0.5) is 11.8 Å². The van der Waals surface area contributed by atoms with Gasteiger partial charge in [-0.15, -0.1) is 0 Å². The van der Waals surface area contributed by atoms with Gasteiger partial charge in [0.15, 0.2) is 0 Å². The summed E-state index contributed by atoms with van der Waals surface area (Å²) < 4.78 is 2.11. The normalized spacial score (nSPS) is 16.8. The topological polar surface area (TPSA) is 47.1 Å². The smallest absolute Gasteiger partial charge is 0.207 e. The number of nitrogen functional groups attached to an aromatic ring is 1. The Morgan fingerprint density at radius 2 is 2.15 bits per heavy atom. The summed E-state index contributed by atoms with van der Waals surface area (Å²) in [6, 6.07) is 0. The summed E-state index contributed by atoms with van der Waals surface area (Å²) in [5.41, 5.74) is 5.66. The van der Waals surface area contributed by atoms with Crippen molar-refractivity contribution in [2.24, 2.45) is 0 Å². The molecule has 0 spiro atoms. The van der Waals surface area contributed by atoms with Crippen molar-refractivity contribution in [3.05, 3.63) is 6.20 Å². The summed E-state index contributed by atoms with van der Waals surface area (Å²) in [6.07, 6.45) is 4.46. The number of hydrogen-bond donors (Lipinski definition) is 1. The van der Waals surface area contributed by atoms with Crippen molar-refractivity contribution in [2.45, 2.75) is 26.3 Å². The first-order valence-electron chi connectivity index (χ1n) is 4.89. The van der Waals surface area contributed by atoms with E-state index in [0.29, 0.717) is 5.82 Å². The van der Waals surface area contributed by atoms with E-state index in [0.717, 1.165) is 25.6 Å². The van der Waals surface area contributed by atoms with Crippen LogP contribution in [0, 0.1) is 0 Å². The zero-order valence-corrected chi connectivity index (χ0v) is 8.03. The van der Waals surface area contributed by atoms with Crippen LogP contribution in [0.25, 0.3) is 0 Å². The Hall–Kier alpha value is -1.19. The Labute approximate surface area is 78.4 Å². The summed E-state index contributed by atoms with van der Waals surface area (Å²) in [5.74, 6) is 1.67. The van der Waals surface area contributed by atoms with Crippen LogP contribution in [-0.4, -0.2) is 22.6 Å². The first-order valence-corrected chi connectivity index (χ1v) is 4.89. The summed E-state index contributed by atoms with van der Waals surface area (Å²) in [5, 5.41) is 0. The highest BCUT2D eigenvalue weighted by Crippen LogP contribution is 2.20. The molecule has 4 heteroatoms. The lowest BCUT2D eigenvalue weighted by molar-refractivity contribution is 0.731. The number of nitrogens with zero attached hydrogens (tertiary/aromatic N) is 3. The van der Waals surface area contributed by atoms with Crippen LogP contribution in [0.3, 0.4) is 0 Å². The van der Waals surface area contributed by atoms with Crippen molar-refractivity contribution < 1.29 is 0 Å². The zero-order valence-electron chi connectivity index (χ0n) is 8.03. The molecule has 1 aliphatic rings. The van der Waals surface area contributed by atoms with Crippen LogP contribution in [-0.2, 0) is 6.54 Å². The van der Waals surface area contributed by atoms with E-state index in [1.54, 1.807) is 0 Å². The standard InChI is InChI=1S/C9H16N4/c1-2-12-7-8(10)11-9(12)13-5-3-4-6-13/h7H,2-6,10H2,1H3. The van der Waals surface area contributed by atoms with Gasteiger partial charge in [0.05, 0.1) is 0 Å². The third-order valence-electron chi connectivity index (χ3n) is 2.50. The number of anilines is 2. The fourth-order valence-corrected chi connectivity index (χ4v) is 1.83. The van der Waals surface area contributed by atoms with Gasteiger partial charge in [0.25, 0.3) is 0 Å². The number of nitrogens with two attached hydrogens (primary N) is 1. The molecule has 0 amide bonds. The second-order valence-electron chi connectivity index (χ2n) is 3.45. The third-order valence-corrected chi connectivity index (χ3v) is 2.50. The van der Waals surface area contributed by atoms with E-state index in [9.17, 15) is 0 Å². The van der Waals surface area contributed by atoms with E-state index in [4.69, 9.17) is 5.73 Å². The molecule has 1 saturated heterocycles. The first-order chi connectivity index (χ1) is 6.31. The number of aromatic nitrogens is 2. The zero-order chi connectivity index (χ0) is 9.26. The van der Waals surface area contributed by atoms with Crippen molar-refractivity contribution in [1.29, 1.82) is 0 Å². The monoisotopic (exact) mass is 180 g/mol. The average Bonchev–Trinajstić information content (AvgIpc) is 2.71. The molecule has 0 aliphatic carbocycles. The largest absolute Gasteiger partial charge is 0.382 e. The molecule has 2 rings (SSSR count). The summed E-state index contributed by atoms with van der Waals surface area (Å²) in [7, 11) is 0. The molecule has 1 fully saturated rings. The van der Waals surface area contributed by atoms with Crippen molar-refractivity contribution in [3.63, 3.8) is 0 Å². The molecule has 4 nitrogen and oxygen atoms in total. The third kappa shape index (κ3) is 1.48. The average molecular weight is 180 g/mol. The SMILES string of the molecule is CCn1cc(N)nc1N1CCCC1. The van der Waals surface area contributed by atoms with Crippen LogP contribution in [0.2, 0.25) is 0 Å². The lowest BCUT2D eigenvalue weighted by atomic mass is 10.4. The van der Waals surface area contributed by atoms with Gasteiger partial charge in [-0.1, -0.05) is 0 Å². The summed E-state index contributed by atoms with van der Waals surface area (Å²) >= 11 is 0. The highest BCUT2D eigenvalue weighted by atomic mass is 15.3. The van der Waals surface area contributed by atoms with Crippen LogP contribution >= 0.6 is 0 Å². The molecule has 13 heavy (non-hydrogen) atoms. The number of imidazole rings is 1. The van der Waals surface area contributed by atoms with Crippen molar-refractivity contribution in [2.75, 3.05) is 23.7 Å². The molecule has 72 valence electrons. The van der Waals surface area contributed by atoms with Gasteiger partial charge in [-0.2, -0.15) is 4.98 Å². The van der Waals surface area contributed by atoms with E-state index < -0.39 is 0 Å². The van der Waals surface area contributed by atoms with E-state index in [1.807, 2.05) is 6.20 Å². The van der Waals surface area contributed by atoms with Gasteiger partial charge < -0.3 is 15.2 Å². The summed E-state index contributed by atoms with van der Waals surface area (Å²) in [4.78, 5) is 6.64. The molecule has 1 aromatic rings. The minimum Gasteiger partial charge on any atom is -0.382 e. The molecule has 2 N–H and O–H groups in total. The molecule has 0 aromatic carbocycles. The van der Waals surface area contributed by atoms with E-state index in [2.05, 4.69) is 21.4 Å². The summed E-state index contributed by atoms with van der Waals surface area (Å²) in [6.45, 7) is 5.30. The van der Waals surface area contributed by atoms with Gasteiger partial charge in [-0.25, -0.2) is 0 Å². The maximum atomic E-state index is 5.66. The van der Waals surface area contributed by atoms with Crippen molar-refractivity contribution in [1.82, 2.24) is 9.55 Å². The quantitative estimate of drug-likeness (QED) is 0.741. The molecule has 0 radical (unpaired) electrons. The predicted molar refractivity (Wildman–Crippen MR) is 53.8 cm³/mol. The molecule has 1 aromatic heterocycles. The van der Waals surface area contributed by atoms with Gasteiger partial charge in [-0.3, -0.25) is 0 Å². The van der Waals surface area contributed by atoms with Gasteiger partial charge >= 0.3 is 0 Å². The Balaban J connectivity index is 2.26. The predicted octanol–water partition coefficient (Wildman–Crippen LogP) is 1.09. The molecular formula is C9H16N4. The Morgan fingerprint density at radius 1 is 1.46 bits per heavy atom. The van der Waals surface area contributed by atoms with Gasteiger partial charge in [0.2, 0.25) is 5.95 Å². The van der Waals surface area contributed by atoms with Gasteiger partial charge in [-0.05, 0) is 19.8 Å². The van der Waals surface area contributed by atoms with Gasteiger partial charge in [0.1, 0.15) is 5.82 Å². The lowest BCUT2D eigenvalue weighted by Crippen LogP contribution is -2.21. The van der Waals surface area contributed by atoms with E-state index in [-0.39, 0.29) is 0 Å². The molecule has 0 bridgehead atoms. The Morgan fingerprint density at radius 3 is 2.77 bits per heavy atom. The molecule has 0 saturated carbocycles. The van der Waals surface area contributed by atoms with Gasteiger partial charge in [0, 0.05) is 25.8 Å². The number of rotatable bonds is 2. The van der Waals surface area contributed by atoms with Crippen LogP contribution < -0.4 is 10.6 Å². The van der Waals surface area contributed by atoms with Crippen molar-refractivity contribution in [3.8, 4) is 0 Å². The maximum Gasteiger partial charge on any atom is 0.207 e. The van der Waals surface area contributed by atoms with Crippen LogP contribution in [0.5, 0.6) is 0 Å². The van der Waals surface area contributed by atoms with Crippen LogP contribution in [0.1, 0.15) is 19.8 Å². The molecule has 0 unspecified atom stereocenters. The Bertz CT molecular complexity index is 286. The highest BCUT2D eigenvalue weighted by Gasteiger charge is 2.17. The van der Waals surface area contributed by atoms with E-state index >= 15 is 0 Å². The Kier molecular flexibility index (Phi) is 2.12. The minimum absolute atomic E-state index is 0.628. The highest BCUT2D eigenvalue weighted by molar-refractivity contribution is 5.41. The number of aryl methyl sites for hydroxylation is 1. The maximum absolute atomic E-state index is 5.66. The van der Waals surface area contributed by atoms with Crippen molar-refractivity contribution >= 4 is 11.8 Å². The molecule has 1 aliphatic heterocycles. The van der Waals surface area contributed by atoms with E-state index in [1.165, 1.54) is 12.8 Å². The molecular weight excluding hydrogens is 164 g/mol.